The fraction of sp³-hybridized carbons (Fsp3) is 0.357. The second-order valence-corrected chi connectivity index (χ2v) is 5.29. The first-order chi connectivity index (χ1) is 9.69. The van der Waals surface area contributed by atoms with Crippen molar-refractivity contribution in [1.82, 2.24) is 15.3 Å². The lowest BCUT2D eigenvalue weighted by molar-refractivity contribution is 0.0954. The first-order valence-electron chi connectivity index (χ1n) is 6.58. The summed E-state index contributed by atoms with van der Waals surface area (Å²) in [6.07, 6.45) is 2.40. The van der Waals surface area contributed by atoms with Crippen molar-refractivity contribution < 1.29 is 4.79 Å². The molecular weight excluding hydrogens is 272 g/mol. The van der Waals surface area contributed by atoms with Crippen LogP contribution in [0.2, 0.25) is 0 Å². The highest BCUT2D eigenvalue weighted by atomic mass is 32.1. The maximum absolute atomic E-state index is 12.0. The molecule has 20 heavy (non-hydrogen) atoms. The van der Waals surface area contributed by atoms with E-state index in [0.29, 0.717) is 12.1 Å². The molecule has 2 aromatic heterocycles. The van der Waals surface area contributed by atoms with E-state index in [0.717, 1.165) is 29.5 Å². The normalized spacial score (nSPS) is 10.3. The molecule has 0 unspecified atom stereocenters. The molecule has 106 valence electrons. The van der Waals surface area contributed by atoms with Gasteiger partial charge in [-0.05, 0) is 26.0 Å². The lowest BCUT2D eigenvalue weighted by Gasteiger charge is -2.06. The van der Waals surface area contributed by atoms with Gasteiger partial charge in [-0.1, -0.05) is 0 Å². The molecule has 0 radical (unpaired) electrons. The minimum atomic E-state index is -0.0835. The number of amides is 1. The Hall–Kier alpha value is -1.95. The van der Waals surface area contributed by atoms with Crippen LogP contribution in [0.25, 0.3) is 0 Å². The number of carbonyl (C=O) groups is 1. The van der Waals surface area contributed by atoms with Crippen molar-refractivity contribution in [3.63, 3.8) is 0 Å². The number of aromatic nitrogens is 2. The van der Waals surface area contributed by atoms with Gasteiger partial charge in [-0.15, -0.1) is 11.3 Å². The van der Waals surface area contributed by atoms with Crippen LogP contribution in [0.5, 0.6) is 0 Å². The van der Waals surface area contributed by atoms with E-state index in [1.54, 1.807) is 29.7 Å². The van der Waals surface area contributed by atoms with Gasteiger partial charge in [0.05, 0.1) is 5.01 Å². The lowest BCUT2D eigenvalue weighted by Crippen LogP contribution is -2.25. The van der Waals surface area contributed by atoms with E-state index >= 15 is 0 Å². The quantitative estimate of drug-likeness (QED) is 0.856. The lowest BCUT2D eigenvalue weighted by atomic mass is 10.2. The van der Waals surface area contributed by atoms with Crippen molar-refractivity contribution in [2.24, 2.45) is 0 Å². The molecule has 0 atom stereocenters. The summed E-state index contributed by atoms with van der Waals surface area (Å²) >= 11 is 1.62. The topological polar surface area (TPSA) is 66.9 Å². The highest BCUT2D eigenvalue weighted by molar-refractivity contribution is 7.09. The summed E-state index contributed by atoms with van der Waals surface area (Å²) in [5.41, 5.74) is 1.65. The van der Waals surface area contributed by atoms with Gasteiger partial charge < -0.3 is 10.6 Å². The molecule has 5 nitrogen and oxygen atoms in total. The van der Waals surface area contributed by atoms with Gasteiger partial charge in [0.2, 0.25) is 0 Å². The summed E-state index contributed by atoms with van der Waals surface area (Å²) in [6.45, 7) is 5.33. The van der Waals surface area contributed by atoms with E-state index in [2.05, 4.69) is 20.6 Å². The van der Waals surface area contributed by atoms with Crippen LogP contribution in [0.4, 0.5) is 5.82 Å². The molecule has 2 heterocycles. The van der Waals surface area contributed by atoms with Crippen molar-refractivity contribution in [2.45, 2.75) is 20.3 Å². The van der Waals surface area contributed by atoms with Gasteiger partial charge in [0.15, 0.2) is 0 Å². The zero-order chi connectivity index (χ0) is 14.4. The van der Waals surface area contributed by atoms with Crippen LogP contribution >= 0.6 is 11.3 Å². The van der Waals surface area contributed by atoms with Crippen molar-refractivity contribution in [3.05, 3.63) is 40.0 Å². The van der Waals surface area contributed by atoms with Crippen LogP contribution in [0, 0.1) is 6.92 Å². The highest BCUT2D eigenvalue weighted by Crippen LogP contribution is 2.09. The molecule has 0 fully saturated rings. The maximum atomic E-state index is 12.0. The number of aryl methyl sites for hydroxylation is 1. The minimum Gasteiger partial charge on any atom is -0.370 e. The Kier molecular flexibility index (Phi) is 5.06. The summed E-state index contributed by atoms with van der Waals surface area (Å²) in [5, 5.41) is 9.05. The molecule has 0 bridgehead atoms. The van der Waals surface area contributed by atoms with E-state index in [1.165, 1.54) is 0 Å². The van der Waals surface area contributed by atoms with Crippen molar-refractivity contribution in [1.29, 1.82) is 0 Å². The molecule has 2 rings (SSSR count). The second-order valence-electron chi connectivity index (χ2n) is 4.35. The third-order valence-electron chi connectivity index (χ3n) is 2.67. The van der Waals surface area contributed by atoms with Crippen LogP contribution in [0.1, 0.15) is 28.0 Å². The SMILES string of the molecule is CCNc1cc(C(=O)NCCc2nc(C)cs2)ccn1. The van der Waals surface area contributed by atoms with Crippen LogP contribution in [0.3, 0.4) is 0 Å². The molecule has 6 heteroatoms. The van der Waals surface area contributed by atoms with Gasteiger partial charge in [0.25, 0.3) is 5.91 Å². The number of hydrogen-bond acceptors (Lipinski definition) is 5. The molecule has 0 aliphatic carbocycles. The zero-order valence-corrected chi connectivity index (χ0v) is 12.5. The van der Waals surface area contributed by atoms with E-state index in [4.69, 9.17) is 0 Å². The minimum absolute atomic E-state index is 0.0835. The Morgan fingerprint density at radius 1 is 1.45 bits per heavy atom. The van der Waals surface area contributed by atoms with Gasteiger partial charge in [-0.25, -0.2) is 9.97 Å². The largest absolute Gasteiger partial charge is 0.370 e. The predicted octanol–water partition coefficient (Wildman–Crippen LogP) is 2.25. The van der Waals surface area contributed by atoms with Crippen molar-refractivity contribution in [2.75, 3.05) is 18.4 Å². The number of rotatable bonds is 6. The maximum Gasteiger partial charge on any atom is 0.251 e. The number of hydrogen-bond donors (Lipinski definition) is 2. The van der Waals surface area contributed by atoms with Crippen LogP contribution in [-0.2, 0) is 6.42 Å². The second kappa shape index (κ2) is 7.00. The summed E-state index contributed by atoms with van der Waals surface area (Å²) in [4.78, 5) is 20.5. The average molecular weight is 290 g/mol. The van der Waals surface area contributed by atoms with Crippen molar-refractivity contribution in [3.8, 4) is 0 Å². The third kappa shape index (κ3) is 4.03. The molecule has 0 aliphatic rings. The fourth-order valence-electron chi connectivity index (χ4n) is 1.75. The summed E-state index contributed by atoms with van der Waals surface area (Å²) < 4.78 is 0. The molecule has 2 aromatic rings. The smallest absolute Gasteiger partial charge is 0.251 e. The average Bonchev–Trinajstić information content (AvgIpc) is 2.85. The van der Waals surface area contributed by atoms with Crippen LogP contribution < -0.4 is 10.6 Å². The van der Waals surface area contributed by atoms with Gasteiger partial charge in [0.1, 0.15) is 5.82 Å². The van der Waals surface area contributed by atoms with Gasteiger partial charge in [0, 0.05) is 42.3 Å². The van der Waals surface area contributed by atoms with Gasteiger partial charge in [-0.3, -0.25) is 4.79 Å². The molecule has 2 N–H and O–H groups in total. The number of carbonyl (C=O) groups excluding carboxylic acids is 1. The van der Waals surface area contributed by atoms with E-state index in [1.807, 2.05) is 19.2 Å². The number of nitrogens with zero attached hydrogens (tertiary/aromatic N) is 2. The number of anilines is 1. The summed E-state index contributed by atoms with van der Waals surface area (Å²) in [7, 11) is 0. The molecule has 0 saturated heterocycles. The summed E-state index contributed by atoms with van der Waals surface area (Å²) in [6, 6.07) is 3.47. The van der Waals surface area contributed by atoms with E-state index < -0.39 is 0 Å². The third-order valence-corrected chi connectivity index (χ3v) is 3.70. The van der Waals surface area contributed by atoms with Gasteiger partial charge >= 0.3 is 0 Å². The number of nitrogens with one attached hydrogen (secondary N) is 2. The Bertz CT molecular complexity index is 582. The number of thiazole rings is 1. The van der Waals surface area contributed by atoms with Gasteiger partial charge in [-0.2, -0.15) is 0 Å². The Morgan fingerprint density at radius 2 is 2.30 bits per heavy atom. The predicted molar refractivity (Wildman–Crippen MR) is 81.3 cm³/mol. The Labute approximate surface area is 122 Å². The number of pyridine rings is 1. The standard InChI is InChI=1S/C14H18N4OS/c1-3-15-12-8-11(4-6-16-12)14(19)17-7-5-13-18-10(2)9-20-13/h4,6,8-9H,3,5,7H2,1-2H3,(H,15,16)(H,17,19). The monoisotopic (exact) mass is 290 g/mol. The van der Waals surface area contributed by atoms with E-state index in [9.17, 15) is 4.79 Å². The van der Waals surface area contributed by atoms with Crippen LogP contribution in [0.15, 0.2) is 23.7 Å². The first-order valence-corrected chi connectivity index (χ1v) is 7.46. The molecular formula is C14H18N4OS. The van der Waals surface area contributed by atoms with Crippen molar-refractivity contribution >= 4 is 23.1 Å². The van der Waals surface area contributed by atoms with E-state index in [-0.39, 0.29) is 5.91 Å². The zero-order valence-electron chi connectivity index (χ0n) is 11.6. The molecule has 0 aliphatic heterocycles. The first kappa shape index (κ1) is 14.5. The fourth-order valence-corrected chi connectivity index (χ4v) is 2.53. The molecule has 1 amide bonds. The van der Waals surface area contributed by atoms with Crippen LogP contribution in [-0.4, -0.2) is 29.0 Å². The summed E-state index contributed by atoms with van der Waals surface area (Å²) in [5.74, 6) is 0.635. The molecule has 0 aromatic carbocycles. The Morgan fingerprint density at radius 3 is 3.00 bits per heavy atom. The highest BCUT2D eigenvalue weighted by Gasteiger charge is 2.07. The molecule has 0 spiro atoms. The molecule has 0 saturated carbocycles. The Balaban J connectivity index is 1.86.